The predicted molar refractivity (Wildman–Crippen MR) is 82.9 cm³/mol. The lowest BCUT2D eigenvalue weighted by Gasteiger charge is -2.21. The summed E-state index contributed by atoms with van der Waals surface area (Å²) < 4.78 is 5.46. The number of carbonyl (C=O) groups excluding carboxylic acids is 1. The zero-order valence-electron chi connectivity index (χ0n) is 12.3. The van der Waals surface area contributed by atoms with Crippen molar-refractivity contribution in [1.82, 2.24) is 5.32 Å². The van der Waals surface area contributed by atoms with Gasteiger partial charge in [-0.1, -0.05) is 19.1 Å². The van der Waals surface area contributed by atoms with Crippen LogP contribution in [0.4, 0.5) is 10.5 Å². The molecule has 112 valence electrons. The lowest BCUT2D eigenvalue weighted by Crippen LogP contribution is -2.24. The first kappa shape index (κ1) is 15.1. The minimum atomic E-state index is -0.558. The van der Waals surface area contributed by atoms with Gasteiger partial charge in [-0.3, -0.25) is 0 Å². The molecule has 5 heteroatoms. The van der Waals surface area contributed by atoms with Gasteiger partial charge in [0.1, 0.15) is 5.76 Å². The second-order valence-electron chi connectivity index (χ2n) is 4.98. The van der Waals surface area contributed by atoms with Crippen LogP contribution < -0.4 is 16.4 Å². The lowest BCUT2D eigenvalue weighted by atomic mass is 10.1. The van der Waals surface area contributed by atoms with Crippen molar-refractivity contribution in [3.05, 3.63) is 54.0 Å². The van der Waals surface area contributed by atoms with Crippen molar-refractivity contribution in [2.45, 2.75) is 32.4 Å². The van der Waals surface area contributed by atoms with Crippen molar-refractivity contribution in [2.75, 3.05) is 5.32 Å². The van der Waals surface area contributed by atoms with E-state index in [0.29, 0.717) is 5.69 Å². The number of rotatable bonds is 6. The fourth-order valence-electron chi connectivity index (χ4n) is 2.29. The molecule has 4 N–H and O–H groups in total. The van der Waals surface area contributed by atoms with E-state index in [0.717, 1.165) is 17.7 Å². The first-order chi connectivity index (χ1) is 10.1. The molecule has 0 fully saturated rings. The van der Waals surface area contributed by atoms with Crippen molar-refractivity contribution in [3.63, 3.8) is 0 Å². The molecular formula is C16H21N3O2. The van der Waals surface area contributed by atoms with E-state index in [9.17, 15) is 4.79 Å². The molecule has 1 aromatic carbocycles. The number of anilines is 1. The lowest BCUT2D eigenvalue weighted by molar-refractivity contribution is 0.259. The second kappa shape index (κ2) is 6.95. The van der Waals surface area contributed by atoms with Crippen molar-refractivity contribution >= 4 is 11.7 Å². The number of benzene rings is 1. The van der Waals surface area contributed by atoms with E-state index in [-0.39, 0.29) is 12.1 Å². The Morgan fingerprint density at radius 1 is 1.29 bits per heavy atom. The average Bonchev–Trinajstić information content (AvgIpc) is 2.98. The molecule has 2 amide bonds. The van der Waals surface area contributed by atoms with Crippen LogP contribution in [-0.4, -0.2) is 6.03 Å². The molecule has 21 heavy (non-hydrogen) atoms. The van der Waals surface area contributed by atoms with E-state index in [1.807, 2.05) is 36.4 Å². The van der Waals surface area contributed by atoms with Crippen molar-refractivity contribution in [2.24, 2.45) is 5.73 Å². The highest BCUT2D eigenvalue weighted by atomic mass is 16.3. The number of carbonyl (C=O) groups is 1. The van der Waals surface area contributed by atoms with Gasteiger partial charge in [0.25, 0.3) is 0 Å². The number of hydrogen-bond acceptors (Lipinski definition) is 3. The number of hydrogen-bond donors (Lipinski definition) is 3. The predicted octanol–water partition coefficient (Wildman–Crippen LogP) is 3.57. The molecule has 2 unspecified atom stereocenters. The quantitative estimate of drug-likeness (QED) is 0.759. The molecule has 0 radical (unpaired) electrons. The SMILES string of the molecule is CCC(NC(C)c1ccc(NC(N)=O)cc1)c1ccco1. The Morgan fingerprint density at radius 3 is 2.52 bits per heavy atom. The summed E-state index contributed by atoms with van der Waals surface area (Å²) in [5, 5.41) is 6.09. The molecule has 0 aliphatic carbocycles. The highest BCUT2D eigenvalue weighted by Crippen LogP contribution is 2.23. The minimum Gasteiger partial charge on any atom is -0.468 e. The van der Waals surface area contributed by atoms with Crippen LogP contribution in [0.2, 0.25) is 0 Å². The van der Waals surface area contributed by atoms with Crippen LogP contribution in [0.25, 0.3) is 0 Å². The fraction of sp³-hybridized carbons (Fsp3) is 0.312. The Labute approximate surface area is 124 Å². The van der Waals surface area contributed by atoms with Gasteiger partial charge < -0.3 is 20.8 Å². The standard InChI is InChI=1S/C16H21N3O2/c1-3-14(15-5-4-10-21-15)18-11(2)12-6-8-13(9-7-12)19-16(17)20/h4-11,14,18H,3H2,1-2H3,(H3,17,19,20). The van der Waals surface area contributed by atoms with Crippen molar-refractivity contribution in [1.29, 1.82) is 0 Å². The summed E-state index contributed by atoms with van der Waals surface area (Å²) in [5.74, 6) is 0.941. The Bertz CT molecular complexity index is 564. The van der Waals surface area contributed by atoms with Crippen LogP contribution in [0.1, 0.15) is 43.7 Å². The third-order valence-electron chi connectivity index (χ3n) is 3.42. The summed E-state index contributed by atoms with van der Waals surface area (Å²) in [7, 11) is 0. The van der Waals surface area contributed by atoms with Gasteiger partial charge in [0.2, 0.25) is 0 Å². The maximum Gasteiger partial charge on any atom is 0.316 e. The third kappa shape index (κ3) is 4.10. The van der Waals surface area contributed by atoms with Crippen LogP contribution >= 0.6 is 0 Å². The number of urea groups is 1. The Balaban J connectivity index is 2.02. The molecule has 1 aromatic heterocycles. The third-order valence-corrected chi connectivity index (χ3v) is 3.42. The number of amides is 2. The smallest absolute Gasteiger partial charge is 0.316 e. The molecule has 2 atom stereocenters. The van der Waals surface area contributed by atoms with E-state index in [2.05, 4.69) is 24.5 Å². The van der Waals surface area contributed by atoms with Gasteiger partial charge in [-0.15, -0.1) is 0 Å². The number of furan rings is 1. The first-order valence-electron chi connectivity index (χ1n) is 7.06. The van der Waals surface area contributed by atoms with E-state index in [1.54, 1.807) is 6.26 Å². The van der Waals surface area contributed by atoms with Crippen LogP contribution in [0.3, 0.4) is 0 Å². The van der Waals surface area contributed by atoms with Crippen molar-refractivity contribution in [3.8, 4) is 0 Å². The molecule has 1 heterocycles. The average molecular weight is 287 g/mol. The molecule has 5 nitrogen and oxygen atoms in total. The fourth-order valence-corrected chi connectivity index (χ4v) is 2.29. The molecular weight excluding hydrogens is 266 g/mol. The van der Waals surface area contributed by atoms with Crippen LogP contribution in [0.5, 0.6) is 0 Å². The Morgan fingerprint density at radius 2 is 2.00 bits per heavy atom. The van der Waals surface area contributed by atoms with Gasteiger partial charge >= 0.3 is 6.03 Å². The summed E-state index contributed by atoms with van der Waals surface area (Å²) in [5.41, 5.74) is 6.91. The highest BCUT2D eigenvalue weighted by molar-refractivity contribution is 5.87. The molecule has 0 aliphatic rings. The van der Waals surface area contributed by atoms with Gasteiger partial charge in [-0.05, 0) is 43.2 Å². The topological polar surface area (TPSA) is 80.3 Å². The monoisotopic (exact) mass is 287 g/mol. The van der Waals surface area contributed by atoms with Crippen molar-refractivity contribution < 1.29 is 9.21 Å². The Kier molecular flexibility index (Phi) is 5.00. The molecule has 2 aromatic rings. The van der Waals surface area contributed by atoms with Crippen LogP contribution in [-0.2, 0) is 0 Å². The minimum absolute atomic E-state index is 0.169. The van der Waals surface area contributed by atoms with E-state index in [1.165, 1.54) is 0 Å². The normalized spacial score (nSPS) is 13.6. The van der Waals surface area contributed by atoms with Gasteiger partial charge in [-0.2, -0.15) is 0 Å². The zero-order chi connectivity index (χ0) is 15.2. The summed E-state index contributed by atoms with van der Waals surface area (Å²) in [6, 6.07) is 11.3. The largest absolute Gasteiger partial charge is 0.468 e. The first-order valence-corrected chi connectivity index (χ1v) is 7.06. The van der Waals surface area contributed by atoms with E-state index in [4.69, 9.17) is 10.2 Å². The van der Waals surface area contributed by atoms with E-state index >= 15 is 0 Å². The molecule has 2 rings (SSSR count). The number of nitrogens with two attached hydrogens (primary N) is 1. The summed E-state index contributed by atoms with van der Waals surface area (Å²) in [4.78, 5) is 10.8. The van der Waals surface area contributed by atoms with Gasteiger partial charge in [-0.25, -0.2) is 4.79 Å². The van der Waals surface area contributed by atoms with Gasteiger partial charge in [0.15, 0.2) is 0 Å². The maximum absolute atomic E-state index is 10.8. The zero-order valence-corrected chi connectivity index (χ0v) is 12.3. The molecule has 0 bridgehead atoms. The van der Waals surface area contributed by atoms with Gasteiger partial charge in [0.05, 0.1) is 12.3 Å². The van der Waals surface area contributed by atoms with E-state index < -0.39 is 6.03 Å². The maximum atomic E-state index is 10.8. The van der Waals surface area contributed by atoms with Crippen LogP contribution in [0, 0.1) is 0 Å². The second-order valence-corrected chi connectivity index (χ2v) is 4.98. The van der Waals surface area contributed by atoms with Crippen LogP contribution in [0.15, 0.2) is 47.1 Å². The molecule has 0 spiro atoms. The highest BCUT2D eigenvalue weighted by Gasteiger charge is 2.15. The Hall–Kier alpha value is -2.27. The molecule has 0 saturated carbocycles. The summed E-state index contributed by atoms with van der Waals surface area (Å²) in [6.45, 7) is 4.22. The number of nitrogens with one attached hydrogen (secondary N) is 2. The molecule has 0 aliphatic heterocycles. The van der Waals surface area contributed by atoms with Gasteiger partial charge in [0, 0.05) is 11.7 Å². The molecule has 0 saturated heterocycles. The summed E-state index contributed by atoms with van der Waals surface area (Å²) >= 11 is 0. The summed E-state index contributed by atoms with van der Waals surface area (Å²) in [6.07, 6.45) is 2.63. The number of primary amides is 1.